The maximum Gasteiger partial charge on any atom is 0.238 e. The van der Waals surface area contributed by atoms with E-state index in [-0.39, 0.29) is 31.6 Å². The van der Waals surface area contributed by atoms with Gasteiger partial charge in [-0.15, -0.1) is 0 Å². The van der Waals surface area contributed by atoms with Crippen molar-refractivity contribution < 1.29 is 28.5 Å². The zero-order valence-corrected chi connectivity index (χ0v) is 21.8. The van der Waals surface area contributed by atoms with Crippen molar-refractivity contribution in [2.24, 2.45) is 4.99 Å². The molecule has 0 spiro atoms. The van der Waals surface area contributed by atoms with E-state index >= 15 is 0 Å². The molecule has 38 heavy (non-hydrogen) atoms. The van der Waals surface area contributed by atoms with Gasteiger partial charge in [0, 0.05) is 12.1 Å². The van der Waals surface area contributed by atoms with Gasteiger partial charge in [0.2, 0.25) is 18.6 Å². The fourth-order valence-electron chi connectivity index (χ4n) is 4.01. The minimum absolute atomic E-state index is 0.0412. The summed E-state index contributed by atoms with van der Waals surface area (Å²) >= 11 is 1.26. The summed E-state index contributed by atoms with van der Waals surface area (Å²) in [4.78, 5) is 32.9. The number of carbonyl (C=O) groups excluding carboxylic acids is 2. The molecular formula is C28H27N3O6S. The Hall–Kier alpha value is -4.18. The van der Waals surface area contributed by atoms with Gasteiger partial charge in [-0.1, -0.05) is 17.8 Å². The predicted molar refractivity (Wildman–Crippen MR) is 145 cm³/mol. The Balaban J connectivity index is 1.39. The molecule has 10 heteroatoms. The lowest BCUT2D eigenvalue weighted by molar-refractivity contribution is -0.129. The van der Waals surface area contributed by atoms with Crippen molar-refractivity contribution in [2.75, 3.05) is 25.8 Å². The summed E-state index contributed by atoms with van der Waals surface area (Å²) in [6.07, 6.45) is 0.0412. The van der Waals surface area contributed by atoms with Gasteiger partial charge in [-0.2, -0.15) is 0 Å². The second kappa shape index (κ2) is 11.5. The van der Waals surface area contributed by atoms with Gasteiger partial charge in [0.25, 0.3) is 0 Å². The lowest BCUT2D eigenvalue weighted by Gasteiger charge is -2.32. The van der Waals surface area contributed by atoms with E-state index in [0.717, 1.165) is 11.3 Å². The second-order valence-electron chi connectivity index (χ2n) is 8.52. The van der Waals surface area contributed by atoms with E-state index in [1.165, 1.54) is 11.8 Å². The number of amides is 2. The maximum absolute atomic E-state index is 13.4. The van der Waals surface area contributed by atoms with Crippen molar-refractivity contribution in [3.05, 3.63) is 72.3 Å². The largest absolute Gasteiger partial charge is 0.497 e. The van der Waals surface area contributed by atoms with Crippen molar-refractivity contribution in [3.63, 3.8) is 0 Å². The number of rotatable bonds is 8. The topological polar surface area (TPSA) is 98.7 Å². The van der Waals surface area contributed by atoms with E-state index in [2.05, 4.69) is 5.32 Å². The van der Waals surface area contributed by atoms with E-state index in [4.69, 9.17) is 23.9 Å². The zero-order valence-electron chi connectivity index (χ0n) is 21.0. The number of thioether (sulfide) groups is 1. The van der Waals surface area contributed by atoms with Crippen LogP contribution in [0.3, 0.4) is 0 Å². The van der Waals surface area contributed by atoms with Crippen LogP contribution in [0.4, 0.5) is 11.4 Å². The standard InChI is InChI=1S/C28H27N3O6S/c1-3-35-22-11-7-20(8-12-22)30-28-31(16-18-4-13-23-24(14-18)37-17-36-23)26(32)15-25(38-28)27(33)29-19-5-9-21(34-2)10-6-19/h4-14,25H,3,15-17H2,1-2H3,(H,29,33)/t25-/m1/s1. The van der Waals surface area contributed by atoms with Crippen molar-refractivity contribution >= 4 is 40.1 Å². The lowest BCUT2D eigenvalue weighted by Crippen LogP contribution is -2.44. The number of carbonyl (C=O) groups is 2. The zero-order chi connectivity index (χ0) is 26.5. The van der Waals surface area contributed by atoms with Crippen molar-refractivity contribution in [1.82, 2.24) is 4.90 Å². The molecule has 0 saturated carbocycles. The molecule has 1 N–H and O–H groups in total. The molecule has 0 aromatic heterocycles. The molecule has 2 heterocycles. The molecule has 0 radical (unpaired) electrons. The first kappa shape index (κ1) is 25.5. The van der Waals surface area contributed by atoms with Crippen LogP contribution in [0.25, 0.3) is 0 Å². The molecule has 3 aromatic rings. The van der Waals surface area contributed by atoms with Crippen LogP contribution < -0.4 is 24.3 Å². The van der Waals surface area contributed by atoms with E-state index in [1.54, 1.807) is 36.3 Å². The number of nitrogens with zero attached hydrogens (tertiary/aromatic N) is 2. The normalized spacial score (nSPS) is 17.4. The summed E-state index contributed by atoms with van der Waals surface area (Å²) in [6, 6.07) is 19.9. The highest BCUT2D eigenvalue weighted by Crippen LogP contribution is 2.35. The van der Waals surface area contributed by atoms with E-state index in [9.17, 15) is 9.59 Å². The monoisotopic (exact) mass is 533 g/mol. The first-order valence-corrected chi connectivity index (χ1v) is 13.0. The molecule has 1 fully saturated rings. The minimum Gasteiger partial charge on any atom is -0.497 e. The summed E-state index contributed by atoms with van der Waals surface area (Å²) < 4.78 is 21.6. The fourth-order valence-corrected chi connectivity index (χ4v) is 5.11. The summed E-state index contributed by atoms with van der Waals surface area (Å²) in [7, 11) is 1.58. The van der Waals surface area contributed by atoms with Crippen molar-refractivity contribution in [3.8, 4) is 23.0 Å². The molecular weight excluding hydrogens is 506 g/mol. The molecule has 2 aliphatic heterocycles. The maximum atomic E-state index is 13.4. The smallest absolute Gasteiger partial charge is 0.238 e. The van der Waals surface area contributed by atoms with Gasteiger partial charge in [-0.25, -0.2) is 4.99 Å². The average Bonchev–Trinajstić information content (AvgIpc) is 3.40. The van der Waals surface area contributed by atoms with Crippen LogP contribution >= 0.6 is 11.8 Å². The molecule has 0 unspecified atom stereocenters. The first-order chi connectivity index (χ1) is 18.5. The Labute approximate surface area is 224 Å². The van der Waals surface area contributed by atoms with Crippen LogP contribution in [0.5, 0.6) is 23.0 Å². The SMILES string of the molecule is CCOc1ccc(N=C2S[C@@H](C(=O)Nc3ccc(OC)cc3)CC(=O)N2Cc2ccc3c(c2)OCO3)cc1. The van der Waals surface area contributed by atoms with Gasteiger partial charge in [0.15, 0.2) is 16.7 Å². The highest BCUT2D eigenvalue weighted by molar-refractivity contribution is 8.15. The van der Waals surface area contributed by atoms with Crippen LogP contribution in [0, 0.1) is 0 Å². The molecule has 3 aromatic carbocycles. The molecule has 0 bridgehead atoms. The lowest BCUT2D eigenvalue weighted by atomic mass is 10.1. The number of benzene rings is 3. The molecule has 2 amide bonds. The van der Waals surface area contributed by atoms with Gasteiger partial charge in [-0.3, -0.25) is 14.5 Å². The Morgan fingerprint density at radius 1 is 1.05 bits per heavy atom. The van der Waals surface area contributed by atoms with Crippen LogP contribution in [0.1, 0.15) is 18.9 Å². The second-order valence-corrected chi connectivity index (χ2v) is 9.69. The summed E-state index contributed by atoms with van der Waals surface area (Å²) in [5.74, 6) is 2.27. The van der Waals surface area contributed by atoms with Gasteiger partial charge in [0.05, 0.1) is 25.9 Å². The van der Waals surface area contributed by atoms with Crippen LogP contribution in [-0.4, -0.2) is 47.6 Å². The summed E-state index contributed by atoms with van der Waals surface area (Å²) in [5, 5.41) is 2.70. The van der Waals surface area contributed by atoms with E-state index < -0.39 is 5.25 Å². The molecule has 9 nitrogen and oxygen atoms in total. The van der Waals surface area contributed by atoms with Gasteiger partial charge < -0.3 is 24.3 Å². The molecule has 0 aliphatic carbocycles. The van der Waals surface area contributed by atoms with E-state index in [0.29, 0.717) is 40.4 Å². The number of nitrogens with one attached hydrogen (secondary N) is 1. The number of anilines is 1. The van der Waals surface area contributed by atoms with Crippen LogP contribution in [-0.2, 0) is 16.1 Å². The molecule has 5 rings (SSSR count). The van der Waals surface area contributed by atoms with E-state index in [1.807, 2.05) is 49.4 Å². The molecule has 1 atom stereocenters. The van der Waals surface area contributed by atoms with Crippen molar-refractivity contribution in [1.29, 1.82) is 0 Å². The number of aliphatic imine (C=N–C) groups is 1. The fraction of sp³-hybridized carbons (Fsp3) is 0.250. The van der Waals surface area contributed by atoms with Crippen molar-refractivity contribution in [2.45, 2.75) is 25.1 Å². The quantitative estimate of drug-likeness (QED) is 0.436. The third-order valence-electron chi connectivity index (χ3n) is 5.94. The summed E-state index contributed by atoms with van der Waals surface area (Å²) in [5.41, 5.74) is 2.14. The average molecular weight is 534 g/mol. The predicted octanol–water partition coefficient (Wildman–Crippen LogP) is 4.98. The van der Waals surface area contributed by atoms with Crippen LogP contribution in [0.15, 0.2) is 71.7 Å². The molecule has 2 aliphatic rings. The Kier molecular flexibility index (Phi) is 7.69. The molecule has 1 saturated heterocycles. The third kappa shape index (κ3) is 5.86. The number of hydrogen-bond donors (Lipinski definition) is 1. The summed E-state index contributed by atoms with van der Waals surface area (Å²) in [6.45, 7) is 2.94. The number of methoxy groups -OCH3 is 1. The van der Waals surface area contributed by atoms with Crippen LogP contribution in [0.2, 0.25) is 0 Å². The Morgan fingerprint density at radius 3 is 2.53 bits per heavy atom. The molecule has 196 valence electrons. The first-order valence-electron chi connectivity index (χ1n) is 12.1. The third-order valence-corrected chi connectivity index (χ3v) is 7.13. The minimum atomic E-state index is -0.640. The van der Waals surface area contributed by atoms with Gasteiger partial charge >= 0.3 is 0 Å². The highest BCUT2D eigenvalue weighted by Gasteiger charge is 2.36. The Morgan fingerprint density at radius 2 is 1.79 bits per heavy atom. The number of hydrogen-bond acceptors (Lipinski definition) is 8. The van der Waals surface area contributed by atoms with Gasteiger partial charge in [0.1, 0.15) is 16.7 Å². The number of fused-ring (bicyclic) bond motifs is 1. The number of ether oxygens (including phenoxy) is 4. The Bertz CT molecular complexity index is 1340. The highest BCUT2D eigenvalue weighted by atomic mass is 32.2. The number of amidine groups is 1. The van der Waals surface area contributed by atoms with Gasteiger partial charge in [-0.05, 0) is 73.2 Å².